The number of hydrogen-bond acceptors (Lipinski definition) is 5. The molecule has 0 saturated carbocycles. The maximum atomic E-state index is 12.4. The van der Waals surface area contributed by atoms with E-state index in [0.717, 1.165) is 17.1 Å². The van der Waals surface area contributed by atoms with E-state index < -0.39 is 0 Å². The number of thioether (sulfide) groups is 2. The number of carbonyl (C=O) groups excluding carboxylic acids is 1. The zero-order chi connectivity index (χ0) is 17.1. The number of nitrogens with one attached hydrogen (secondary N) is 1. The molecule has 4 nitrogen and oxygen atoms in total. The molecule has 130 valence electrons. The first-order valence-corrected chi connectivity index (χ1v) is 10.4. The Kier molecular flexibility index (Phi) is 5.08. The van der Waals surface area contributed by atoms with Crippen molar-refractivity contribution in [3.63, 3.8) is 0 Å². The van der Waals surface area contributed by atoms with Crippen LogP contribution in [0.1, 0.15) is 26.1 Å². The van der Waals surface area contributed by atoms with Crippen LogP contribution in [0.5, 0.6) is 11.5 Å². The Morgan fingerprint density at radius 1 is 1.00 bits per heavy atom. The van der Waals surface area contributed by atoms with Gasteiger partial charge in [-0.1, -0.05) is 18.2 Å². The van der Waals surface area contributed by atoms with Crippen molar-refractivity contribution in [1.29, 1.82) is 0 Å². The fraction of sp³-hybridized carbons (Fsp3) is 0.316. The molecule has 0 radical (unpaired) electrons. The number of rotatable bonds is 4. The smallest absolute Gasteiger partial charge is 0.251 e. The van der Waals surface area contributed by atoms with Crippen LogP contribution >= 0.6 is 23.5 Å². The fourth-order valence-corrected chi connectivity index (χ4v) is 5.68. The van der Waals surface area contributed by atoms with Gasteiger partial charge in [0.25, 0.3) is 5.91 Å². The van der Waals surface area contributed by atoms with Gasteiger partial charge in [0.1, 0.15) is 13.2 Å². The third kappa shape index (κ3) is 3.90. The summed E-state index contributed by atoms with van der Waals surface area (Å²) in [5.74, 6) is 3.85. The van der Waals surface area contributed by atoms with Crippen molar-refractivity contribution in [2.24, 2.45) is 0 Å². The van der Waals surface area contributed by atoms with E-state index >= 15 is 0 Å². The van der Waals surface area contributed by atoms with Gasteiger partial charge < -0.3 is 14.8 Å². The molecule has 0 aromatic heterocycles. The van der Waals surface area contributed by atoms with E-state index in [4.69, 9.17) is 9.47 Å². The van der Waals surface area contributed by atoms with Gasteiger partial charge in [0.15, 0.2) is 11.5 Å². The molecule has 1 saturated heterocycles. The van der Waals surface area contributed by atoms with Crippen LogP contribution in [-0.4, -0.2) is 30.6 Å². The normalized spacial score (nSPS) is 16.6. The van der Waals surface area contributed by atoms with E-state index in [0.29, 0.717) is 29.9 Å². The molecule has 1 amide bonds. The van der Waals surface area contributed by atoms with E-state index in [1.807, 2.05) is 53.9 Å². The molecule has 0 bridgehead atoms. The van der Waals surface area contributed by atoms with Gasteiger partial charge in [-0.05, 0) is 35.4 Å². The van der Waals surface area contributed by atoms with E-state index in [1.165, 1.54) is 17.1 Å². The Balaban J connectivity index is 1.37. The average Bonchev–Trinajstić information content (AvgIpc) is 3.21. The first-order valence-electron chi connectivity index (χ1n) is 8.29. The number of hydrogen-bond donors (Lipinski definition) is 1. The van der Waals surface area contributed by atoms with Crippen LogP contribution in [0.15, 0.2) is 42.5 Å². The lowest BCUT2D eigenvalue weighted by Crippen LogP contribution is -2.23. The van der Waals surface area contributed by atoms with Crippen molar-refractivity contribution < 1.29 is 14.3 Å². The van der Waals surface area contributed by atoms with Gasteiger partial charge in [-0.2, -0.15) is 0 Å². The van der Waals surface area contributed by atoms with Gasteiger partial charge in [0, 0.05) is 23.6 Å². The van der Waals surface area contributed by atoms with Gasteiger partial charge >= 0.3 is 0 Å². The van der Waals surface area contributed by atoms with Gasteiger partial charge in [-0.25, -0.2) is 0 Å². The minimum Gasteiger partial charge on any atom is -0.486 e. The van der Waals surface area contributed by atoms with E-state index in [1.54, 1.807) is 0 Å². The molecule has 2 aromatic carbocycles. The summed E-state index contributed by atoms with van der Waals surface area (Å²) in [6.45, 7) is 1.61. The molecule has 4 rings (SSSR count). The molecule has 1 N–H and O–H groups in total. The van der Waals surface area contributed by atoms with Crippen molar-refractivity contribution in [2.45, 2.75) is 11.1 Å². The van der Waals surface area contributed by atoms with Crippen LogP contribution in [-0.2, 0) is 6.54 Å². The number of amides is 1. The second-order valence-electron chi connectivity index (χ2n) is 5.86. The van der Waals surface area contributed by atoms with Crippen LogP contribution in [0.3, 0.4) is 0 Å². The third-order valence-electron chi connectivity index (χ3n) is 4.13. The summed E-state index contributed by atoms with van der Waals surface area (Å²) >= 11 is 3.94. The van der Waals surface area contributed by atoms with Crippen molar-refractivity contribution in [3.8, 4) is 11.5 Å². The highest BCUT2D eigenvalue weighted by atomic mass is 32.2. The van der Waals surface area contributed by atoms with E-state index in [2.05, 4.69) is 17.4 Å². The van der Waals surface area contributed by atoms with Crippen LogP contribution in [0.4, 0.5) is 0 Å². The Morgan fingerprint density at radius 3 is 2.48 bits per heavy atom. The molecule has 0 aliphatic carbocycles. The minimum absolute atomic E-state index is 0.0619. The maximum absolute atomic E-state index is 12.4. The quantitative estimate of drug-likeness (QED) is 0.882. The van der Waals surface area contributed by atoms with Crippen LogP contribution in [0, 0.1) is 0 Å². The Bertz CT molecular complexity index is 758. The molecule has 2 heterocycles. The molecular weight excluding hydrogens is 354 g/mol. The molecule has 0 unspecified atom stereocenters. The number of fused-ring (bicyclic) bond motifs is 1. The predicted octanol–water partition coefficient (Wildman–Crippen LogP) is 3.87. The zero-order valence-corrected chi connectivity index (χ0v) is 15.3. The lowest BCUT2D eigenvalue weighted by Gasteiger charge is -2.19. The first kappa shape index (κ1) is 16.7. The molecule has 2 aliphatic rings. The molecule has 1 fully saturated rings. The monoisotopic (exact) mass is 373 g/mol. The van der Waals surface area contributed by atoms with E-state index in [9.17, 15) is 4.79 Å². The second-order valence-corrected chi connectivity index (χ2v) is 8.58. The maximum Gasteiger partial charge on any atom is 0.251 e. The van der Waals surface area contributed by atoms with Gasteiger partial charge in [-0.15, -0.1) is 23.5 Å². The lowest BCUT2D eigenvalue weighted by atomic mass is 10.1. The Labute approximate surface area is 155 Å². The molecule has 0 atom stereocenters. The summed E-state index contributed by atoms with van der Waals surface area (Å²) in [7, 11) is 0. The lowest BCUT2D eigenvalue weighted by molar-refractivity contribution is 0.0951. The summed E-state index contributed by atoms with van der Waals surface area (Å²) in [5, 5.41) is 2.97. The first-order chi connectivity index (χ1) is 12.3. The fourth-order valence-electron chi connectivity index (χ4n) is 2.82. The summed E-state index contributed by atoms with van der Waals surface area (Å²) < 4.78 is 11.6. The van der Waals surface area contributed by atoms with Gasteiger partial charge in [0.05, 0.1) is 4.58 Å². The van der Waals surface area contributed by atoms with Crippen molar-refractivity contribution in [2.75, 3.05) is 24.7 Å². The van der Waals surface area contributed by atoms with Crippen molar-refractivity contribution in [3.05, 3.63) is 59.2 Å². The number of benzene rings is 2. The standard InChI is InChI=1S/C19H19NO3S2/c21-18(14-2-4-15(5-3-14)19-24-9-10-25-19)20-12-13-1-6-16-17(11-13)23-8-7-22-16/h1-6,11,19H,7-10,12H2,(H,20,21). The average molecular weight is 373 g/mol. The SMILES string of the molecule is O=C(NCc1ccc2c(c1)OCCO2)c1ccc(C2SCCS2)cc1. The number of ether oxygens (including phenoxy) is 2. The van der Waals surface area contributed by atoms with Crippen LogP contribution < -0.4 is 14.8 Å². The molecule has 0 spiro atoms. The second kappa shape index (κ2) is 7.62. The Hall–Kier alpha value is -1.79. The minimum atomic E-state index is -0.0619. The van der Waals surface area contributed by atoms with Crippen LogP contribution in [0.2, 0.25) is 0 Å². The summed E-state index contributed by atoms with van der Waals surface area (Å²) in [6, 6.07) is 13.7. The summed E-state index contributed by atoms with van der Waals surface area (Å²) in [5.41, 5.74) is 2.97. The topological polar surface area (TPSA) is 47.6 Å². The molecule has 25 heavy (non-hydrogen) atoms. The van der Waals surface area contributed by atoms with Crippen molar-refractivity contribution in [1.82, 2.24) is 5.32 Å². The number of carbonyl (C=O) groups is 1. The highest BCUT2D eigenvalue weighted by Gasteiger charge is 2.18. The highest BCUT2D eigenvalue weighted by Crippen LogP contribution is 2.45. The zero-order valence-electron chi connectivity index (χ0n) is 13.7. The largest absolute Gasteiger partial charge is 0.486 e. The molecule has 2 aromatic rings. The Morgan fingerprint density at radius 2 is 1.72 bits per heavy atom. The van der Waals surface area contributed by atoms with Crippen molar-refractivity contribution >= 4 is 29.4 Å². The van der Waals surface area contributed by atoms with Gasteiger partial charge in [0.2, 0.25) is 0 Å². The highest BCUT2D eigenvalue weighted by molar-refractivity contribution is 8.19. The molecular formula is C19H19NO3S2. The van der Waals surface area contributed by atoms with Crippen LogP contribution in [0.25, 0.3) is 0 Å². The molecule has 2 aliphatic heterocycles. The van der Waals surface area contributed by atoms with E-state index in [-0.39, 0.29) is 5.91 Å². The summed E-state index contributed by atoms with van der Waals surface area (Å²) in [6.07, 6.45) is 0. The van der Waals surface area contributed by atoms with Gasteiger partial charge in [-0.3, -0.25) is 4.79 Å². The summed E-state index contributed by atoms with van der Waals surface area (Å²) in [4.78, 5) is 12.4. The predicted molar refractivity (Wildman–Crippen MR) is 103 cm³/mol. The molecule has 6 heteroatoms. The third-order valence-corrected chi connectivity index (χ3v) is 7.23.